The fourth-order valence-electron chi connectivity index (χ4n) is 1.31. The second-order valence-corrected chi connectivity index (χ2v) is 4.12. The van der Waals surface area contributed by atoms with Gasteiger partial charge in [-0.15, -0.1) is 16.9 Å². The summed E-state index contributed by atoms with van der Waals surface area (Å²) in [7, 11) is 0. The normalized spacial score (nSPS) is 24.2. The van der Waals surface area contributed by atoms with Crippen molar-refractivity contribution in [1.29, 1.82) is 0 Å². The van der Waals surface area contributed by atoms with Crippen LogP contribution in [-0.4, -0.2) is 16.0 Å². The van der Waals surface area contributed by atoms with Crippen molar-refractivity contribution in [3.63, 3.8) is 0 Å². The lowest BCUT2D eigenvalue weighted by atomic mass is 10.2. The third-order valence-corrected chi connectivity index (χ3v) is 3.27. The smallest absolute Gasteiger partial charge is 0.391 e. The molecule has 0 saturated carbocycles. The molecule has 2 heterocycles. The largest absolute Gasteiger partial charge is 0.434 e. The van der Waals surface area contributed by atoms with Gasteiger partial charge in [0.1, 0.15) is 0 Å². The molecule has 1 fully saturated rings. The molecule has 1 aliphatic heterocycles. The van der Waals surface area contributed by atoms with E-state index >= 15 is 0 Å². The van der Waals surface area contributed by atoms with Crippen molar-refractivity contribution < 1.29 is 4.42 Å². The van der Waals surface area contributed by atoms with E-state index in [-0.39, 0.29) is 5.25 Å². The van der Waals surface area contributed by atoms with Crippen LogP contribution in [0.25, 0.3) is 0 Å². The standard InChI is InChI=1S/C7H10N2O2S/c10-7-9-8-6(11-7)5-3-1-2-4-12-5/h5H,1-4H2,(H,9,10). The third-order valence-electron chi connectivity index (χ3n) is 1.91. The minimum Gasteiger partial charge on any atom is -0.391 e. The van der Waals surface area contributed by atoms with Gasteiger partial charge in [-0.05, 0) is 18.6 Å². The SMILES string of the molecule is O=c1[nH]nc(C2CCCCS2)o1. The highest BCUT2D eigenvalue weighted by atomic mass is 32.2. The first-order chi connectivity index (χ1) is 5.86. The van der Waals surface area contributed by atoms with E-state index in [0.717, 1.165) is 12.2 Å². The lowest BCUT2D eigenvalue weighted by Gasteiger charge is -2.16. The summed E-state index contributed by atoms with van der Waals surface area (Å²) in [5.41, 5.74) is 0. The van der Waals surface area contributed by atoms with E-state index in [4.69, 9.17) is 4.42 Å². The quantitative estimate of drug-likeness (QED) is 0.718. The highest BCUT2D eigenvalue weighted by molar-refractivity contribution is 7.99. The maximum absolute atomic E-state index is 10.6. The van der Waals surface area contributed by atoms with Crippen molar-refractivity contribution in [3.05, 3.63) is 16.4 Å². The van der Waals surface area contributed by atoms with Crippen LogP contribution in [0.4, 0.5) is 0 Å². The van der Waals surface area contributed by atoms with Crippen LogP contribution in [0.5, 0.6) is 0 Å². The van der Waals surface area contributed by atoms with Crippen LogP contribution < -0.4 is 5.76 Å². The molecular formula is C7H10N2O2S. The predicted octanol–water partition coefficient (Wildman–Crippen LogP) is 1.32. The van der Waals surface area contributed by atoms with Crippen molar-refractivity contribution in [2.75, 3.05) is 5.75 Å². The zero-order chi connectivity index (χ0) is 8.39. The highest BCUT2D eigenvalue weighted by Crippen LogP contribution is 2.36. The number of thioether (sulfide) groups is 1. The number of hydrogen-bond acceptors (Lipinski definition) is 4. The number of nitrogens with one attached hydrogen (secondary N) is 1. The van der Waals surface area contributed by atoms with Crippen LogP contribution in [0.3, 0.4) is 0 Å². The molecule has 1 saturated heterocycles. The first kappa shape index (κ1) is 7.91. The van der Waals surface area contributed by atoms with Gasteiger partial charge in [0, 0.05) is 0 Å². The van der Waals surface area contributed by atoms with Crippen LogP contribution >= 0.6 is 11.8 Å². The van der Waals surface area contributed by atoms with Crippen molar-refractivity contribution in [2.24, 2.45) is 0 Å². The second-order valence-electron chi connectivity index (χ2n) is 2.81. The Kier molecular flexibility index (Phi) is 2.21. The molecule has 5 heteroatoms. The van der Waals surface area contributed by atoms with Gasteiger partial charge >= 0.3 is 5.76 Å². The molecule has 0 amide bonds. The zero-order valence-corrected chi connectivity index (χ0v) is 7.39. The number of aromatic nitrogens is 2. The lowest BCUT2D eigenvalue weighted by molar-refractivity contribution is 0.446. The Morgan fingerprint density at radius 3 is 3.08 bits per heavy atom. The van der Waals surface area contributed by atoms with Crippen molar-refractivity contribution in [3.8, 4) is 0 Å². The van der Waals surface area contributed by atoms with Crippen LogP contribution in [0.2, 0.25) is 0 Å². The molecular weight excluding hydrogens is 176 g/mol. The van der Waals surface area contributed by atoms with Gasteiger partial charge in [-0.3, -0.25) is 0 Å². The van der Waals surface area contributed by atoms with Crippen molar-refractivity contribution in [1.82, 2.24) is 10.2 Å². The number of hydrogen-bond donors (Lipinski definition) is 1. The molecule has 0 radical (unpaired) electrons. The molecule has 1 unspecified atom stereocenters. The first-order valence-electron chi connectivity index (χ1n) is 4.03. The molecule has 12 heavy (non-hydrogen) atoms. The molecule has 66 valence electrons. The zero-order valence-electron chi connectivity index (χ0n) is 6.58. The van der Waals surface area contributed by atoms with Crippen molar-refractivity contribution in [2.45, 2.75) is 24.5 Å². The summed E-state index contributed by atoms with van der Waals surface area (Å²) in [6.45, 7) is 0. The lowest BCUT2D eigenvalue weighted by Crippen LogP contribution is -2.02. The fourth-order valence-corrected chi connectivity index (χ4v) is 2.55. The number of H-pyrrole nitrogens is 1. The maximum Gasteiger partial charge on any atom is 0.434 e. The first-order valence-corrected chi connectivity index (χ1v) is 5.08. The topological polar surface area (TPSA) is 58.9 Å². The number of aromatic amines is 1. The van der Waals surface area contributed by atoms with Gasteiger partial charge in [0.15, 0.2) is 0 Å². The Balaban J connectivity index is 2.13. The molecule has 4 nitrogen and oxygen atoms in total. The Hall–Kier alpha value is -0.710. The van der Waals surface area contributed by atoms with E-state index in [9.17, 15) is 4.79 Å². The molecule has 1 aromatic rings. The fraction of sp³-hybridized carbons (Fsp3) is 0.714. The van der Waals surface area contributed by atoms with E-state index in [1.54, 1.807) is 0 Å². The van der Waals surface area contributed by atoms with E-state index < -0.39 is 5.76 Å². The van der Waals surface area contributed by atoms with Gasteiger partial charge in [0.25, 0.3) is 0 Å². The van der Waals surface area contributed by atoms with Gasteiger partial charge in [-0.2, -0.15) is 0 Å². The number of rotatable bonds is 1. The summed E-state index contributed by atoms with van der Waals surface area (Å²) in [5.74, 6) is 1.25. The Morgan fingerprint density at radius 1 is 1.58 bits per heavy atom. The van der Waals surface area contributed by atoms with Crippen LogP contribution in [0.15, 0.2) is 9.21 Å². The summed E-state index contributed by atoms with van der Waals surface area (Å²) in [4.78, 5) is 10.6. The average molecular weight is 186 g/mol. The molecule has 0 spiro atoms. The Labute approximate surface area is 73.7 Å². The molecule has 1 N–H and O–H groups in total. The van der Waals surface area contributed by atoms with Gasteiger partial charge in [-0.25, -0.2) is 9.89 Å². The van der Waals surface area contributed by atoms with Gasteiger partial charge in [-0.1, -0.05) is 6.42 Å². The molecule has 0 aromatic carbocycles. The minimum absolute atomic E-state index is 0.290. The maximum atomic E-state index is 10.6. The van der Waals surface area contributed by atoms with Crippen LogP contribution in [-0.2, 0) is 0 Å². The summed E-state index contributed by atoms with van der Waals surface area (Å²) >= 11 is 1.81. The minimum atomic E-state index is -0.448. The Bertz CT molecular complexity index is 300. The molecule has 1 atom stereocenters. The summed E-state index contributed by atoms with van der Waals surface area (Å²) in [6.07, 6.45) is 3.53. The molecule has 1 aromatic heterocycles. The van der Waals surface area contributed by atoms with Crippen LogP contribution in [0.1, 0.15) is 30.4 Å². The van der Waals surface area contributed by atoms with E-state index in [1.807, 2.05) is 11.8 Å². The molecule has 0 bridgehead atoms. The van der Waals surface area contributed by atoms with E-state index in [0.29, 0.717) is 5.89 Å². The van der Waals surface area contributed by atoms with E-state index in [2.05, 4.69) is 10.2 Å². The van der Waals surface area contributed by atoms with Gasteiger partial charge in [0.05, 0.1) is 5.25 Å². The molecule has 0 aliphatic carbocycles. The number of nitrogens with zero attached hydrogens (tertiary/aromatic N) is 1. The summed E-state index contributed by atoms with van der Waals surface area (Å²) in [6, 6.07) is 0. The Morgan fingerprint density at radius 2 is 2.50 bits per heavy atom. The molecule has 2 rings (SSSR count). The van der Waals surface area contributed by atoms with Crippen molar-refractivity contribution >= 4 is 11.8 Å². The highest BCUT2D eigenvalue weighted by Gasteiger charge is 2.20. The summed E-state index contributed by atoms with van der Waals surface area (Å²) < 4.78 is 4.88. The monoisotopic (exact) mass is 186 g/mol. The van der Waals surface area contributed by atoms with Gasteiger partial charge in [0.2, 0.25) is 5.89 Å². The van der Waals surface area contributed by atoms with Gasteiger partial charge < -0.3 is 4.42 Å². The van der Waals surface area contributed by atoms with E-state index in [1.165, 1.54) is 12.8 Å². The third kappa shape index (κ3) is 1.55. The van der Waals surface area contributed by atoms with Crippen LogP contribution in [0, 0.1) is 0 Å². The second kappa shape index (κ2) is 3.35. The predicted molar refractivity (Wildman–Crippen MR) is 46.2 cm³/mol. The summed E-state index contributed by atoms with van der Waals surface area (Å²) in [5, 5.41) is 6.38. The molecule has 1 aliphatic rings. The average Bonchev–Trinajstić information content (AvgIpc) is 2.54.